The van der Waals surface area contributed by atoms with E-state index in [2.05, 4.69) is 10.2 Å². The second kappa shape index (κ2) is 9.42. The van der Waals surface area contributed by atoms with Gasteiger partial charge in [0.25, 0.3) is 0 Å². The molecule has 0 aromatic heterocycles. The summed E-state index contributed by atoms with van der Waals surface area (Å²) in [6, 6.07) is 7.83. The van der Waals surface area contributed by atoms with Crippen LogP contribution in [0.3, 0.4) is 0 Å². The fourth-order valence-corrected chi connectivity index (χ4v) is 3.04. The van der Waals surface area contributed by atoms with Gasteiger partial charge in [-0.25, -0.2) is 0 Å². The van der Waals surface area contributed by atoms with Gasteiger partial charge >= 0.3 is 0 Å². The minimum atomic E-state index is -0.225. The Bertz CT molecular complexity index is 589. The van der Waals surface area contributed by atoms with Crippen LogP contribution in [0.4, 0.5) is 0 Å². The molecule has 2 rings (SSSR count). The van der Waals surface area contributed by atoms with Crippen molar-refractivity contribution in [2.45, 2.75) is 19.3 Å². The van der Waals surface area contributed by atoms with Gasteiger partial charge in [0, 0.05) is 26.1 Å². The van der Waals surface area contributed by atoms with Gasteiger partial charge in [-0.2, -0.15) is 0 Å². The smallest absolute Gasteiger partial charge is 0.225 e. The number of likely N-dealkylation sites (tertiary alicyclic amines) is 1. The molecule has 0 saturated carbocycles. The highest BCUT2D eigenvalue weighted by Crippen LogP contribution is 2.18. The van der Waals surface area contributed by atoms with Gasteiger partial charge in [0.05, 0.1) is 13.0 Å². The van der Waals surface area contributed by atoms with Crippen molar-refractivity contribution in [2.24, 2.45) is 5.92 Å². The van der Waals surface area contributed by atoms with Gasteiger partial charge in [0.15, 0.2) is 0 Å². The van der Waals surface area contributed by atoms with E-state index < -0.39 is 0 Å². The number of hydrogen-bond acceptors (Lipinski definition) is 4. The molecule has 1 aromatic rings. The van der Waals surface area contributed by atoms with Crippen molar-refractivity contribution in [2.75, 3.05) is 47.4 Å². The summed E-state index contributed by atoms with van der Waals surface area (Å²) >= 11 is 0. The number of carbonyl (C=O) groups is 2. The summed E-state index contributed by atoms with van der Waals surface area (Å²) < 4.78 is 5.20. The van der Waals surface area contributed by atoms with Gasteiger partial charge in [-0.15, -0.1) is 0 Å². The molecule has 1 saturated heterocycles. The molecule has 1 aromatic carbocycles. The van der Waals surface area contributed by atoms with Crippen molar-refractivity contribution in [3.63, 3.8) is 0 Å². The molecular formula is C19H29N3O3. The van der Waals surface area contributed by atoms with E-state index in [0.717, 1.165) is 37.2 Å². The molecular weight excluding hydrogens is 318 g/mol. The Morgan fingerprint density at radius 2 is 2.20 bits per heavy atom. The van der Waals surface area contributed by atoms with E-state index in [-0.39, 0.29) is 17.7 Å². The van der Waals surface area contributed by atoms with Crippen LogP contribution >= 0.6 is 0 Å². The average Bonchev–Trinajstić information content (AvgIpc) is 2.96. The number of rotatable bonds is 9. The molecule has 0 spiro atoms. The Labute approximate surface area is 150 Å². The molecule has 1 heterocycles. The molecule has 1 atom stereocenters. The van der Waals surface area contributed by atoms with Crippen molar-refractivity contribution in [1.29, 1.82) is 0 Å². The zero-order chi connectivity index (χ0) is 18.2. The Morgan fingerprint density at radius 3 is 2.92 bits per heavy atom. The molecule has 1 fully saturated rings. The average molecular weight is 347 g/mol. The van der Waals surface area contributed by atoms with Gasteiger partial charge in [-0.3, -0.25) is 9.59 Å². The summed E-state index contributed by atoms with van der Waals surface area (Å²) in [7, 11) is 5.68. The van der Waals surface area contributed by atoms with Gasteiger partial charge in [0.1, 0.15) is 5.75 Å². The Morgan fingerprint density at radius 1 is 1.40 bits per heavy atom. The predicted octanol–water partition coefficient (Wildman–Crippen LogP) is 1.15. The third-order valence-electron chi connectivity index (χ3n) is 4.47. The number of hydrogen-bond donors (Lipinski definition) is 1. The maximum absolute atomic E-state index is 12.3. The summed E-state index contributed by atoms with van der Waals surface area (Å²) in [5, 5.41) is 2.96. The van der Waals surface area contributed by atoms with Crippen molar-refractivity contribution in [3.8, 4) is 5.75 Å². The first-order valence-corrected chi connectivity index (χ1v) is 8.82. The highest BCUT2D eigenvalue weighted by Gasteiger charge is 2.33. The zero-order valence-corrected chi connectivity index (χ0v) is 15.5. The monoisotopic (exact) mass is 347 g/mol. The van der Waals surface area contributed by atoms with E-state index in [4.69, 9.17) is 4.74 Å². The molecule has 6 heteroatoms. The van der Waals surface area contributed by atoms with E-state index in [1.165, 1.54) is 0 Å². The quantitative estimate of drug-likeness (QED) is 0.728. The van der Waals surface area contributed by atoms with Crippen LogP contribution in [0.1, 0.15) is 18.4 Å². The molecule has 138 valence electrons. The summed E-state index contributed by atoms with van der Waals surface area (Å²) in [5.74, 6) is 0.661. The summed E-state index contributed by atoms with van der Waals surface area (Å²) in [5.41, 5.74) is 1.12. The third-order valence-corrected chi connectivity index (χ3v) is 4.47. The molecule has 0 aliphatic carbocycles. The largest absolute Gasteiger partial charge is 0.497 e. The van der Waals surface area contributed by atoms with E-state index in [9.17, 15) is 9.59 Å². The summed E-state index contributed by atoms with van der Waals surface area (Å²) in [6.45, 7) is 2.78. The Kier molecular flexibility index (Phi) is 7.25. The second-order valence-electron chi connectivity index (χ2n) is 6.79. The molecule has 1 unspecified atom stereocenters. The van der Waals surface area contributed by atoms with Gasteiger partial charge < -0.3 is 19.9 Å². The molecule has 1 aliphatic heterocycles. The van der Waals surface area contributed by atoms with Crippen molar-refractivity contribution in [1.82, 2.24) is 15.1 Å². The molecule has 25 heavy (non-hydrogen) atoms. The standard InChI is InChI=1S/C19H29N3O3/c1-21(2)10-5-11-22-14-16(13-18(22)23)19(24)20-9-8-15-6-4-7-17(12-15)25-3/h4,6-7,12,16H,5,8-11,13-14H2,1-3H3,(H,20,24). The highest BCUT2D eigenvalue weighted by molar-refractivity contribution is 5.89. The first kappa shape index (κ1) is 19.2. The van der Waals surface area contributed by atoms with Crippen molar-refractivity contribution < 1.29 is 14.3 Å². The van der Waals surface area contributed by atoms with Gasteiger partial charge in [-0.05, 0) is 51.2 Å². The number of ether oxygens (including phenoxy) is 1. The van der Waals surface area contributed by atoms with E-state index in [0.29, 0.717) is 19.5 Å². The number of methoxy groups -OCH3 is 1. The van der Waals surface area contributed by atoms with Crippen molar-refractivity contribution in [3.05, 3.63) is 29.8 Å². The molecule has 2 amide bonds. The minimum Gasteiger partial charge on any atom is -0.497 e. The molecule has 0 radical (unpaired) electrons. The second-order valence-corrected chi connectivity index (χ2v) is 6.79. The molecule has 1 N–H and O–H groups in total. The lowest BCUT2D eigenvalue weighted by Crippen LogP contribution is -2.34. The maximum atomic E-state index is 12.3. The van der Waals surface area contributed by atoms with Crippen LogP contribution in [-0.4, -0.2) is 69.0 Å². The van der Waals surface area contributed by atoms with Gasteiger partial charge in [-0.1, -0.05) is 12.1 Å². The summed E-state index contributed by atoms with van der Waals surface area (Å²) in [6.07, 6.45) is 2.01. The Hall–Kier alpha value is -2.08. The van der Waals surface area contributed by atoms with E-state index >= 15 is 0 Å². The van der Waals surface area contributed by atoms with Crippen LogP contribution in [0.25, 0.3) is 0 Å². The topological polar surface area (TPSA) is 61.9 Å². The number of carbonyl (C=O) groups excluding carboxylic acids is 2. The fourth-order valence-electron chi connectivity index (χ4n) is 3.04. The number of amides is 2. The lowest BCUT2D eigenvalue weighted by Gasteiger charge is -2.18. The first-order chi connectivity index (χ1) is 12.0. The Balaban J connectivity index is 1.73. The van der Waals surface area contributed by atoms with E-state index in [1.54, 1.807) is 7.11 Å². The number of nitrogens with zero attached hydrogens (tertiary/aromatic N) is 2. The number of nitrogens with one attached hydrogen (secondary N) is 1. The summed E-state index contributed by atoms with van der Waals surface area (Å²) in [4.78, 5) is 28.3. The van der Waals surface area contributed by atoms with Crippen LogP contribution in [0, 0.1) is 5.92 Å². The van der Waals surface area contributed by atoms with Gasteiger partial charge in [0.2, 0.25) is 11.8 Å². The molecule has 0 bridgehead atoms. The zero-order valence-electron chi connectivity index (χ0n) is 15.5. The van der Waals surface area contributed by atoms with Crippen LogP contribution in [-0.2, 0) is 16.0 Å². The van der Waals surface area contributed by atoms with E-state index in [1.807, 2.05) is 43.3 Å². The van der Waals surface area contributed by atoms with Crippen LogP contribution < -0.4 is 10.1 Å². The predicted molar refractivity (Wildman–Crippen MR) is 97.6 cm³/mol. The normalized spacial score (nSPS) is 17.2. The lowest BCUT2D eigenvalue weighted by atomic mass is 10.1. The number of benzene rings is 1. The molecule has 1 aliphatic rings. The first-order valence-electron chi connectivity index (χ1n) is 8.82. The highest BCUT2D eigenvalue weighted by atomic mass is 16.5. The van der Waals surface area contributed by atoms with Crippen LogP contribution in [0.15, 0.2) is 24.3 Å². The van der Waals surface area contributed by atoms with Crippen LogP contribution in [0.2, 0.25) is 0 Å². The fraction of sp³-hybridized carbons (Fsp3) is 0.579. The van der Waals surface area contributed by atoms with Crippen LogP contribution in [0.5, 0.6) is 5.75 Å². The minimum absolute atomic E-state index is 0.0219. The SMILES string of the molecule is COc1cccc(CCNC(=O)C2CC(=O)N(CCCN(C)C)C2)c1. The lowest BCUT2D eigenvalue weighted by molar-refractivity contribution is -0.129. The maximum Gasteiger partial charge on any atom is 0.225 e. The third kappa shape index (κ3) is 6.05. The van der Waals surface area contributed by atoms with Crippen molar-refractivity contribution >= 4 is 11.8 Å². The molecule has 6 nitrogen and oxygen atoms in total.